The van der Waals surface area contributed by atoms with Crippen LogP contribution in [0.3, 0.4) is 0 Å². The average molecular weight is 464 g/mol. The first-order valence-electron chi connectivity index (χ1n) is 11.3. The highest BCUT2D eigenvalue weighted by atomic mass is 16.5. The van der Waals surface area contributed by atoms with Crippen molar-refractivity contribution in [3.63, 3.8) is 0 Å². The molecule has 4 aromatic carbocycles. The molecule has 35 heavy (non-hydrogen) atoms. The van der Waals surface area contributed by atoms with Gasteiger partial charge in [-0.3, -0.25) is 9.59 Å². The van der Waals surface area contributed by atoms with E-state index in [2.05, 4.69) is 0 Å². The van der Waals surface area contributed by atoms with Crippen LogP contribution in [0.25, 0.3) is 0 Å². The van der Waals surface area contributed by atoms with Gasteiger partial charge in [0, 0.05) is 24.2 Å². The number of ketones is 1. The first kappa shape index (κ1) is 23.6. The van der Waals surface area contributed by atoms with E-state index in [0.717, 1.165) is 11.1 Å². The second kappa shape index (κ2) is 11.6. The van der Waals surface area contributed by atoms with Crippen LogP contribution in [0.15, 0.2) is 115 Å². The van der Waals surface area contributed by atoms with Crippen LogP contribution in [-0.2, 0) is 22.6 Å². The van der Waals surface area contributed by atoms with E-state index in [1.54, 1.807) is 47.4 Å². The third-order valence-corrected chi connectivity index (χ3v) is 5.54. The summed E-state index contributed by atoms with van der Waals surface area (Å²) >= 11 is 0. The van der Waals surface area contributed by atoms with Crippen LogP contribution in [-0.4, -0.2) is 29.2 Å². The maximum Gasteiger partial charge on any atom is 0.339 e. The highest BCUT2D eigenvalue weighted by molar-refractivity contribution is 6.14. The van der Waals surface area contributed by atoms with Crippen LogP contribution in [0.4, 0.5) is 0 Å². The summed E-state index contributed by atoms with van der Waals surface area (Å²) in [6.45, 7) is 0.344. The molecule has 0 aliphatic heterocycles. The fraction of sp³-hybridized carbons (Fsp3) is 0.100. The zero-order chi connectivity index (χ0) is 24.5. The summed E-state index contributed by atoms with van der Waals surface area (Å²) in [7, 11) is 0. The van der Waals surface area contributed by atoms with Crippen LogP contribution in [0, 0.1) is 0 Å². The monoisotopic (exact) mass is 463 g/mol. The zero-order valence-electron chi connectivity index (χ0n) is 19.2. The van der Waals surface area contributed by atoms with Gasteiger partial charge in [-0.1, -0.05) is 109 Å². The van der Waals surface area contributed by atoms with E-state index in [1.165, 1.54) is 6.07 Å². The summed E-state index contributed by atoms with van der Waals surface area (Å²) in [4.78, 5) is 40.6. The topological polar surface area (TPSA) is 63.7 Å². The molecule has 0 unspecified atom stereocenters. The molecular weight excluding hydrogens is 438 g/mol. The average Bonchev–Trinajstić information content (AvgIpc) is 2.92. The van der Waals surface area contributed by atoms with Crippen LogP contribution >= 0.6 is 0 Å². The van der Waals surface area contributed by atoms with E-state index in [-0.39, 0.29) is 22.8 Å². The second-order valence-corrected chi connectivity index (χ2v) is 8.04. The lowest BCUT2D eigenvalue weighted by Crippen LogP contribution is -2.34. The van der Waals surface area contributed by atoms with Crippen molar-refractivity contribution in [3.05, 3.63) is 143 Å². The Morgan fingerprint density at radius 2 is 1.03 bits per heavy atom. The summed E-state index contributed by atoms with van der Waals surface area (Å²) in [6.07, 6.45) is 0. The minimum absolute atomic E-state index is 0.131. The molecule has 0 N–H and O–H groups in total. The molecule has 0 spiro atoms. The molecule has 0 saturated carbocycles. The van der Waals surface area contributed by atoms with Gasteiger partial charge in [-0.25, -0.2) is 4.79 Å². The Labute approximate surface area is 204 Å². The summed E-state index contributed by atoms with van der Waals surface area (Å²) in [5.74, 6) is -1.31. The predicted octanol–water partition coefficient (Wildman–Crippen LogP) is 5.30. The number of hydrogen-bond acceptors (Lipinski definition) is 4. The van der Waals surface area contributed by atoms with Gasteiger partial charge in [0.15, 0.2) is 12.4 Å². The number of rotatable bonds is 9. The number of hydrogen-bond donors (Lipinski definition) is 0. The minimum atomic E-state index is -0.711. The van der Waals surface area contributed by atoms with Gasteiger partial charge in [0.1, 0.15) is 0 Å². The van der Waals surface area contributed by atoms with Crippen molar-refractivity contribution in [1.82, 2.24) is 4.90 Å². The Bertz CT molecular complexity index is 1250. The molecule has 1 amide bonds. The summed E-state index contributed by atoms with van der Waals surface area (Å²) in [5.41, 5.74) is 2.79. The molecule has 0 atom stereocenters. The second-order valence-electron chi connectivity index (χ2n) is 8.04. The standard InChI is InChI=1S/C30H25NO4/c32-28(31(20-23-12-4-1-5-13-23)21-24-14-6-2-7-15-24)22-35-30(34)27-19-11-10-18-26(27)29(33)25-16-8-3-9-17-25/h1-19H,20-22H2. The van der Waals surface area contributed by atoms with Gasteiger partial charge in [-0.15, -0.1) is 0 Å². The molecule has 174 valence electrons. The van der Waals surface area contributed by atoms with Crippen LogP contribution in [0.1, 0.15) is 37.4 Å². The lowest BCUT2D eigenvalue weighted by atomic mass is 9.98. The normalized spacial score (nSPS) is 10.4. The number of carbonyl (C=O) groups is 3. The Kier molecular flexibility index (Phi) is 7.81. The highest BCUT2D eigenvalue weighted by Crippen LogP contribution is 2.17. The number of ether oxygens (including phenoxy) is 1. The number of benzene rings is 4. The Hall–Kier alpha value is -4.51. The van der Waals surface area contributed by atoms with Crippen molar-refractivity contribution < 1.29 is 19.1 Å². The van der Waals surface area contributed by atoms with Gasteiger partial charge in [0.2, 0.25) is 0 Å². The fourth-order valence-electron chi connectivity index (χ4n) is 3.74. The van der Waals surface area contributed by atoms with Gasteiger partial charge in [0.25, 0.3) is 5.91 Å². The third-order valence-electron chi connectivity index (χ3n) is 5.54. The Morgan fingerprint density at radius 1 is 0.571 bits per heavy atom. The lowest BCUT2D eigenvalue weighted by molar-refractivity contribution is -0.135. The number of carbonyl (C=O) groups excluding carboxylic acids is 3. The molecule has 5 nitrogen and oxygen atoms in total. The van der Waals surface area contributed by atoms with Gasteiger partial charge < -0.3 is 9.64 Å². The van der Waals surface area contributed by atoms with E-state index >= 15 is 0 Å². The third kappa shape index (κ3) is 6.30. The smallest absolute Gasteiger partial charge is 0.339 e. The molecule has 0 heterocycles. The molecular formula is C30H25NO4. The molecule has 0 fully saturated rings. The van der Waals surface area contributed by atoms with Crippen LogP contribution in [0.5, 0.6) is 0 Å². The fourth-order valence-corrected chi connectivity index (χ4v) is 3.74. The SMILES string of the molecule is O=C(OCC(=O)N(Cc1ccccc1)Cc1ccccc1)c1ccccc1C(=O)c1ccccc1. The van der Waals surface area contributed by atoms with Gasteiger partial charge in [0.05, 0.1) is 5.56 Å². The maximum atomic E-state index is 13.1. The van der Waals surface area contributed by atoms with Gasteiger partial charge >= 0.3 is 5.97 Å². The molecule has 0 saturated heterocycles. The lowest BCUT2D eigenvalue weighted by Gasteiger charge is -2.23. The van der Waals surface area contributed by atoms with E-state index in [4.69, 9.17) is 4.74 Å². The largest absolute Gasteiger partial charge is 0.452 e. The van der Waals surface area contributed by atoms with E-state index in [1.807, 2.05) is 66.7 Å². The van der Waals surface area contributed by atoms with E-state index in [9.17, 15) is 14.4 Å². The van der Waals surface area contributed by atoms with Crippen molar-refractivity contribution in [2.75, 3.05) is 6.61 Å². The molecule has 4 rings (SSSR count). The summed E-state index contributed by atoms with van der Waals surface area (Å²) in [6, 6.07) is 34.5. The molecule has 0 aliphatic rings. The molecule has 0 radical (unpaired) electrons. The van der Waals surface area contributed by atoms with Crippen molar-refractivity contribution in [1.29, 1.82) is 0 Å². The van der Waals surface area contributed by atoms with Gasteiger partial charge in [-0.05, 0) is 17.2 Å². The summed E-state index contributed by atoms with van der Waals surface area (Å²) < 4.78 is 5.39. The minimum Gasteiger partial charge on any atom is -0.452 e. The van der Waals surface area contributed by atoms with Crippen molar-refractivity contribution >= 4 is 17.7 Å². The number of nitrogens with zero attached hydrogens (tertiary/aromatic N) is 1. The molecule has 0 bridgehead atoms. The first-order valence-corrected chi connectivity index (χ1v) is 11.3. The Balaban J connectivity index is 1.48. The van der Waals surface area contributed by atoms with Gasteiger partial charge in [-0.2, -0.15) is 0 Å². The van der Waals surface area contributed by atoms with Crippen molar-refractivity contribution in [2.24, 2.45) is 0 Å². The van der Waals surface area contributed by atoms with Crippen molar-refractivity contribution in [2.45, 2.75) is 13.1 Å². The number of esters is 1. The van der Waals surface area contributed by atoms with E-state index in [0.29, 0.717) is 18.7 Å². The number of amides is 1. The predicted molar refractivity (Wildman–Crippen MR) is 134 cm³/mol. The molecule has 0 aromatic heterocycles. The molecule has 5 heteroatoms. The molecule has 4 aromatic rings. The highest BCUT2D eigenvalue weighted by Gasteiger charge is 2.21. The quantitative estimate of drug-likeness (QED) is 0.250. The van der Waals surface area contributed by atoms with Crippen molar-refractivity contribution in [3.8, 4) is 0 Å². The van der Waals surface area contributed by atoms with Crippen LogP contribution in [0.2, 0.25) is 0 Å². The molecule has 0 aliphatic carbocycles. The van der Waals surface area contributed by atoms with E-state index < -0.39 is 12.6 Å². The zero-order valence-corrected chi connectivity index (χ0v) is 19.2. The first-order chi connectivity index (χ1) is 17.1. The Morgan fingerprint density at radius 3 is 1.57 bits per heavy atom. The van der Waals surface area contributed by atoms with Crippen LogP contribution < -0.4 is 0 Å². The maximum absolute atomic E-state index is 13.1. The summed E-state index contributed by atoms with van der Waals surface area (Å²) in [5, 5.41) is 0.